The number of rotatable bonds is 19. The molecule has 0 saturated heterocycles. The zero-order valence-electron chi connectivity index (χ0n) is 80.5. The number of hydrogen-bond acceptors (Lipinski definition) is 11. The molecule has 0 aliphatic carbocycles. The van der Waals surface area contributed by atoms with Crippen LogP contribution in [-0.2, 0) is 83.7 Å². The second kappa shape index (κ2) is 43.6. The Morgan fingerprint density at radius 1 is 0.359 bits per heavy atom. The molecule has 16 nitrogen and oxygen atoms in total. The second-order valence-electron chi connectivity index (χ2n) is 40.4. The minimum atomic E-state index is -0.638. The van der Waals surface area contributed by atoms with Gasteiger partial charge in [0.15, 0.2) is 0 Å². The molecule has 5 heterocycles. The lowest BCUT2D eigenvalue weighted by Crippen LogP contribution is -3.00. The molecule has 16 rings (SSSR count). The van der Waals surface area contributed by atoms with E-state index in [1.807, 2.05) is 0 Å². The van der Waals surface area contributed by atoms with Gasteiger partial charge in [-0.25, -0.2) is 9.13 Å². The molecule has 11 aromatic carbocycles. The number of nitro groups is 1. The van der Waals surface area contributed by atoms with Gasteiger partial charge in [0.05, 0.1) is 81.7 Å². The molecule has 0 saturated carbocycles. The summed E-state index contributed by atoms with van der Waals surface area (Å²) in [6, 6.07) is 92.1. The summed E-state index contributed by atoms with van der Waals surface area (Å²) >= 11 is 0. The van der Waals surface area contributed by atoms with Crippen molar-refractivity contribution in [3.8, 4) is 23.0 Å². The fourth-order valence-corrected chi connectivity index (χ4v) is 16.7. The molecule has 690 valence electrons. The van der Waals surface area contributed by atoms with Crippen LogP contribution in [0.5, 0.6) is 23.0 Å². The molecule has 0 radical (unpaired) electrons. The van der Waals surface area contributed by atoms with Gasteiger partial charge in [0.2, 0.25) is 0 Å². The second-order valence-corrected chi connectivity index (χ2v) is 40.4. The van der Waals surface area contributed by atoms with Gasteiger partial charge in [-0.15, -0.1) is 0 Å². The Balaban J connectivity index is 0.000000322. The third kappa shape index (κ3) is 25.8. The van der Waals surface area contributed by atoms with Crippen molar-refractivity contribution in [2.45, 2.75) is 214 Å². The Morgan fingerprint density at radius 3 is 0.893 bits per heavy atom. The molecule has 131 heavy (non-hydrogen) atoms. The van der Waals surface area contributed by atoms with E-state index in [9.17, 15) is 19.7 Å². The number of imidazole rings is 1. The number of nitrogens with zero attached hydrogens (tertiary/aromatic N) is 3. The van der Waals surface area contributed by atoms with Crippen molar-refractivity contribution < 1.29 is 64.6 Å². The molecule has 4 aliphatic rings. The Bertz CT molecular complexity index is 5050. The van der Waals surface area contributed by atoms with Crippen molar-refractivity contribution in [2.24, 2.45) is 0 Å². The molecule has 4 aliphatic heterocycles. The zero-order valence-corrected chi connectivity index (χ0v) is 81.3. The van der Waals surface area contributed by atoms with E-state index in [2.05, 4.69) is 358 Å². The molecule has 2 amide bonds. The van der Waals surface area contributed by atoms with Gasteiger partial charge in [0, 0.05) is 56.1 Å². The van der Waals surface area contributed by atoms with Gasteiger partial charge in [-0.3, -0.25) is 19.7 Å². The average Bonchev–Trinajstić information content (AvgIpc) is 1.24. The van der Waals surface area contributed by atoms with Crippen LogP contribution in [0.1, 0.15) is 253 Å². The molecule has 0 unspecified atom stereocenters. The van der Waals surface area contributed by atoms with Crippen LogP contribution in [0.25, 0.3) is 0 Å². The Kier molecular flexibility index (Phi) is 33.2. The fraction of sp³-hybridized carbons (Fsp3) is 0.377. The molecule has 12 aromatic rings. The number of hydrogen-bond donors (Lipinski definition) is 2. The third-order valence-electron chi connectivity index (χ3n) is 24.7. The number of nitrogens with one attached hydrogen (secondary N) is 2. The molecular formula is C114H136ClN5O11. The number of carbonyl (C=O) groups excluding carboxylic acids is 2. The first kappa shape index (κ1) is 99.9. The smallest absolute Gasteiger partial charge is 0.271 e. The van der Waals surface area contributed by atoms with E-state index in [1.165, 1.54) is 89.8 Å². The quantitative estimate of drug-likeness (QED) is 0.0259. The van der Waals surface area contributed by atoms with Crippen LogP contribution in [0.15, 0.2) is 273 Å². The maximum Gasteiger partial charge on any atom is 0.271 e. The van der Waals surface area contributed by atoms with E-state index >= 15 is 0 Å². The largest absolute Gasteiger partial charge is 1.00 e. The summed E-state index contributed by atoms with van der Waals surface area (Å²) in [5.41, 5.74) is 18.1. The SMILES string of the molecule is Cc1n(CCCOc2ccc(C(c3ccc(C(C)(C)C)cc3)(c3ccc(C(C)(C)C)cc3)c3ccc(C(C)(C)C)cc3)cc2)cc[n+]1CCCOc1ccc(C(c2ccc(C(C)(C)C)cc2)(c2ccc(C(C)(C)C)cc2)c2ccc(C(C)(C)C)cc2)cc1.O=C1NCc2ccc(cc2)OCCOCCOCCOCCOc2ccc(cc2)CNC(=O)c2cc1cc([N+](=O)[O-])c2.[Cl-]. The maximum absolute atomic E-state index is 12.9. The van der Waals surface area contributed by atoms with Gasteiger partial charge < -0.3 is 56.2 Å². The van der Waals surface area contributed by atoms with Crippen LogP contribution in [0.4, 0.5) is 5.69 Å². The standard InChI is InChI=1S/C84H103N2O2.C30H33N3O9.ClH/c1-60-85(54-20-58-87-75-50-46-73(47-51-75)83(67-34-22-61(23-35-67)77(2,3)4,68-36-24-62(25-37-68)78(5,6)7)69-38-26-63(27-39-69)79(8,9)10)56-57-86(60)55-21-59-88-76-52-48-74(49-53-76)84(70-40-28-64(29-41-70)80(11,12)13,71-42-30-65(31-43-71)81(14,15)16)72-44-32-66(33-45-72)82(17,18)19;34-29-24-17-25(19-26(18-24)33(36)37)30(35)32-21-23-3-7-28(8-4-23)42-16-14-40-12-10-38-9-11-39-13-15-41-27-5-1-22(2-6-27)20-31-29;/h22-53,56-57H,20-21,54-55,58-59H2,1-19H3;1-8,17-19H,9-16,20-21H2,(H,31,34)(H,32,35);1H/q+1;;/p-1. The third-order valence-corrected chi connectivity index (χ3v) is 24.7. The van der Waals surface area contributed by atoms with Gasteiger partial charge in [-0.1, -0.05) is 319 Å². The van der Waals surface area contributed by atoms with E-state index < -0.39 is 27.6 Å². The summed E-state index contributed by atoms with van der Waals surface area (Å²) in [5.74, 6) is 3.19. The average molecular weight is 1790 g/mol. The highest BCUT2D eigenvalue weighted by Gasteiger charge is 2.42. The molecule has 2 N–H and O–H groups in total. The molecule has 0 atom stereocenters. The van der Waals surface area contributed by atoms with Crippen molar-refractivity contribution in [1.29, 1.82) is 0 Å². The van der Waals surface area contributed by atoms with E-state index in [1.54, 1.807) is 48.5 Å². The highest BCUT2D eigenvalue weighted by atomic mass is 35.5. The maximum atomic E-state index is 12.9. The lowest BCUT2D eigenvalue weighted by Gasteiger charge is -2.38. The molecule has 1 aromatic heterocycles. The highest BCUT2D eigenvalue weighted by molar-refractivity contribution is 6.00. The van der Waals surface area contributed by atoms with Gasteiger partial charge >= 0.3 is 0 Å². The molecule has 0 fully saturated rings. The normalized spacial score (nSPS) is 14.0. The molecule has 6 bridgehead atoms. The predicted octanol–water partition coefficient (Wildman–Crippen LogP) is 20.9. The lowest BCUT2D eigenvalue weighted by molar-refractivity contribution is -0.702. The van der Waals surface area contributed by atoms with Crippen LogP contribution in [0, 0.1) is 17.0 Å². The van der Waals surface area contributed by atoms with Crippen molar-refractivity contribution in [3.05, 3.63) is 389 Å². The minimum Gasteiger partial charge on any atom is -1.00 e. The fourth-order valence-electron chi connectivity index (χ4n) is 16.7. The van der Waals surface area contributed by atoms with E-state index in [-0.39, 0.29) is 74.8 Å². The first-order valence-electron chi connectivity index (χ1n) is 46.0. The number of benzene rings is 11. The summed E-state index contributed by atoms with van der Waals surface area (Å²) < 4.78 is 45.6. The molecular weight excluding hydrogens is 1650 g/mol. The molecule has 17 heteroatoms. The summed E-state index contributed by atoms with van der Waals surface area (Å²) in [6.07, 6.45) is 6.18. The van der Waals surface area contributed by atoms with Crippen LogP contribution in [0.2, 0.25) is 0 Å². The topological polar surface area (TPSA) is 175 Å². The minimum absolute atomic E-state index is 0. The number of non-ortho nitro benzene ring substituents is 1. The van der Waals surface area contributed by atoms with Crippen LogP contribution in [0.3, 0.4) is 0 Å². The number of ether oxygens (including phenoxy) is 7. The Labute approximate surface area is 784 Å². The van der Waals surface area contributed by atoms with Crippen LogP contribution < -0.4 is 46.6 Å². The van der Waals surface area contributed by atoms with E-state index in [4.69, 9.17) is 33.2 Å². The van der Waals surface area contributed by atoms with Crippen LogP contribution in [-0.4, -0.2) is 87.4 Å². The zero-order chi connectivity index (χ0) is 93.2. The number of aromatic nitrogens is 2. The summed E-state index contributed by atoms with van der Waals surface area (Å²) in [6.45, 7) is 50.1. The van der Waals surface area contributed by atoms with E-state index in [0.717, 1.165) is 60.7 Å². The number of carbonyl (C=O) groups is 2. The van der Waals surface area contributed by atoms with Gasteiger partial charge in [0.1, 0.15) is 48.6 Å². The lowest BCUT2D eigenvalue weighted by atomic mass is 9.64. The monoisotopic (exact) mass is 1790 g/mol. The predicted molar refractivity (Wildman–Crippen MR) is 523 cm³/mol. The number of halogens is 1. The Hall–Kier alpha value is -11.7. The van der Waals surface area contributed by atoms with Gasteiger partial charge in [-0.2, -0.15) is 0 Å². The highest BCUT2D eigenvalue weighted by Crippen LogP contribution is 2.50. The summed E-state index contributed by atoms with van der Waals surface area (Å²) in [7, 11) is 0. The summed E-state index contributed by atoms with van der Waals surface area (Å²) in [4.78, 5) is 36.6. The van der Waals surface area contributed by atoms with Crippen molar-refractivity contribution in [2.75, 3.05) is 66.1 Å². The number of aryl methyl sites for hydroxylation is 2. The Morgan fingerprint density at radius 2 is 0.618 bits per heavy atom. The van der Waals surface area contributed by atoms with Crippen molar-refractivity contribution in [3.63, 3.8) is 0 Å². The van der Waals surface area contributed by atoms with Crippen LogP contribution >= 0.6 is 0 Å². The van der Waals surface area contributed by atoms with Crippen molar-refractivity contribution >= 4 is 17.5 Å². The number of amides is 2. The first-order valence-corrected chi connectivity index (χ1v) is 46.0. The van der Waals surface area contributed by atoms with Gasteiger partial charge in [-0.05, 0) is 176 Å². The van der Waals surface area contributed by atoms with E-state index in [0.29, 0.717) is 77.6 Å². The van der Waals surface area contributed by atoms with Gasteiger partial charge in [0.25, 0.3) is 23.3 Å². The number of nitro benzene ring substituents is 1. The first-order chi connectivity index (χ1) is 61.8. The van der Waals surface area contributed by atoms with Crippen molar-refractivity contribution in [1.82, 2.24) is 15.2 Å². The summed E-state index contributed by atoms with van der Waals surface area (Å²) in [5, 5.41) is 17.0. The molecule has 0 spiro atoms.